The Morgan fingerprint density at radius 3 is 1.05 bits per heavy atom. The van der Waals surface area contributed by atoms with E-state index in [0.29, 0.717) is 109 Å². The van der Waals surface area contributed by atoms with E-state index in [1.54, 1.807) is 54.9 Å². The maximum absolute atomic E-state index is 14.0. The van der Waals surface area contributed by atoms with Gasteiger partial charge in [-0.25, -0.2) is 28.6 Å². The number of piperidine rings is 4. The number of urea groups is 4. The molecule has 4 aliphatic heterocycles. The second-order valence-electron chi connectivity index (χ2n) is 36.5. The predicted molar refractivity (Wildman–Crippen MR) is 474 cm³/mol. The topological polar surface area (TPSA) is 338 Å². The lowest BCUT2D eigenvalue weighted by molar-refractivity contribution is -0.0146. The Balaban J connectivity index is 0.000000148. The third-order valence-electron chi connectivity index (χ3n) is 27.3. The fraction of sp³-hybridized carbons (Fsp3) is 0.549. The monoisotopic (exact) mass is 1740 g/mol. The number of nitrogens with one attached hydrogen (secondary N) is 8. The number of benzene rings is 4. The van der Waals surface area contributed by atoms with E-state index in [4.69, 9.17) is 59.3 Å². The summed E-state index contributed by atoms with van der Waals surface area (Å²) >= 11 is 25.1. The first-order valence-electron chi connectivity index (χ1n) is 42.5. The highest BCUT2D eigenvalue weighted by molar-refractivity contribution is 6.32. The van der Waals surface area contributed by atoms with Gasteiger partial charge in [-0.3, -0.25) is 20.4 Å². The van der Waals surface area contributed by atoms with Gasteiger partial charge < -0.3 is 61.3 Å². The van der Waals surface area contributed by atoms with E-state index in [2.05, 4.69) is 134 Å². The van der Waals surface area contributed by atoms with Gasteiger partial charge >= 0.3 is 24.1 Å². The Kier molecular flexibility index (Phi) is 29.6. The molecule has 2 saturated carbocycles. The van der Waals surface area contributed by atoms with Crippen LogP contribution in [0, 0.1) is 70.0 Å². The van der Waals surface area contributed by atoms with Crippen LogP contribution in [-0.4, -0.2) is 187 Å². The number of hydrogen-bond donors (Lipinski definition) is 12. The number of hydrogen-bond acceptors (Lipinski definition) is 13. The fourth-order valence-corrected chi connectivity index (χ4v) is 19.9. The number of carbonyl (C=O) groups excluding carboxylic acids is 4. The molecule has 2 aliphatic carbocycles. The van der Waals surface area contributed by atoms with Crippen LogP contribution in [-0.2, 0) is 6.54 Å². The average Bonchev–Trinajstić information content (AvgIpc) is 1.78. The van der Waals surface area contributed by atoms with Crippen LogP contribution in [0.4, 0.5) is 23.6 Å². The summed E-state index contributed by atoms with van der Waals surface area (Å²) in [7, 11) is 0. The number of alkyl halides is 1. The van der Waals surface area contributed by atoms with Crippen LogP contribution in [0.15, 0.2) is 91.6 Å². The number of fused-ring (bicyclic) bond motifs is 4. The molecule has 121 heavy (non-hydrogen) atoms. The molecule has 8 amide bonds. The number of aliphatic hydroxyl groups excluding tert-OH is 4. The smallest absolute Gasteiger partial charge is 0.318 e. The van der Waals surface area contributed by atoms with Gasteiger partial charge in [0.1, 0.15) is 11.4 Å². The summed E-state index contributed by atoms with van der Waals surface area (Å²) in [6, 6.07) is 18.4. The molecule has 25 nitrogen and oxygen atoms in total. The maximum atomic E-state index is 14.0. The molecule has 9 heterocycles. The van der Waals surface area contributed by atoms with Crippen LogP contribution in [0.2, 0.25) is 20.1 Å². The molecule has 650 valence electrons. The minimum Gasteiger partial charge on any atom is -0.388 e. The van der Waals surface area contributed by atoms with Gasteiger partial charge in [-0.2, -0.15) is 20.4 Å². The Bertz CT molecular complexity index is 5120. The zero-order chi connectivity index (χ0) is 86.9. The number of nitrogens with zero attached hydrogens (tertiary/aromatic N) is 9. The molecule has 12 N–H and O–H groups in total. The molecule has 4 saturated heterocycles. The van der Waals surface area contributed by atoms with E-state index in [1.807, 2.05) is 63.2 Å². The van der Waals surface area contributed by atoms with E-state index in [9.17, 15) is 44.0 Å². The molecule has 0 radical (unpaired) electrons. The zero-order valence-corrected chi connectivity index (χ0v) is 73.8. The van der Waals surface area contributed by atoms with E-state index in [1.165, 1.54) is 12.8 Å². The van der Waals surface area contributed by atoms with E-state index in [-0.39, 0.29) is 65.3 Å². The highest BCUT2D eigenvalue weighted by Crippen LogP contribution is 2.51. The van der Waals surface area contributed by atoms with E-state index >= 15 is 0 Å². The van der Waals surface area contributed by atoms with Gasteiger partial charge in [0, 0.05) is 141 Å². The van der Waals surface area contributed by atoms with Gasteiger partial charge in [0.15, 0.2) is 0 Å². The van der Waals surface area contributed by atoms with Crippen LogP contribution in [0.5, 0.6) is 0 Å². The number of aliphatic hydroxyl groups is 4. The Morgan fingerprint density at radius 2 is 0.760 bits per heavy atom. The van der Waals surface area contributed by atoms with Crippen molar-refractivity contribution in [2.45, 2.75) is 214 Å². The minimum absolute atomic E-state index is 0.0525. The number of pyridine rings is 1. The molecule has 5 aromatic heterocycles. The molecule has 30 heteroatoms. The minimum atomic E-state index is -1.10. The maximum Gasteiger partial charge on any atom is 0.318 e. The Labute approximate surface area is 728 Å². The number of aromatic nitrogens is 9. The van der Waals surface area contributed by atoms with Crippen molar-refractivity contribution in [2.24, 2.45) is 45.3 Å². The van der Waals surface area contributed by atoms with Crippen molar-refractivity contribution in [3.8, 4) is 24.7 Å². The number of halogens is 5. The first kappa shape index (κ1) is 91.3. The number of rotatable bonds is 17. The molecule has 9 aromatic rings. The van der Waals surface area contributed by atoms with E-state index in [0.717, 1.165) is 149 Å². The third kappa shape index (κ3) is 21.6. The van der Waals surface area contributed by atoms with Crippen LogP contribution in [0.3, 0.4) is 0 Å². The van der Waals surface area contributed by atoms with Crippen LogP contribution in [0.1, 0.15) is 223 Å². The van der Waals surface area contributed by atoms with Crippen LogP contribution < -0.4 is 21.3 Å². The van der Waals surface area contributed by atoms with Crippen molar-refractivity contribution in [3.05, 3.63) is 145 Å². The number of amides is 8. The standard InChI is InChI=1S/C25H28ClN5O2.C24H34ClFN4O2.C22H31ClN4O2.C20H25ClN4O2/c1-4-20-6-5-16(13-27-20)14-28-24(33)31-9-7-18(8-10-31)25(2,3)23(32)21-12-19(26)11-17-15-29-30-22(17)21;1-23(2,21(31)19-13-17(25)12-15-14-27-29-20(15)19)16-6-10-30(11-7-16)22(32)28-18-4-8-24(3,26)9-5-18;1-22(2,20(28)18-12-16(23)11-14-13-24-26-19(14)18)15-7-9-27(10-8-15)21(29)25-17-5-3-4-6-17;1-4-7-22-19(27)25-8-5-14(6-9-25)20(2,3)18(26)16-11-15(21)10-13-12-23-24-17(13)16/h1,5-6,11-13,15,18,23,32H,7-10,14H2,2-3H3,(H,28,33)(H,29,30);12-14,16,18,21,31H,4-11H2,1-3H3,(H,27,29)(H,28,32);11-13,15,17,20,28H,3-10H2,1-2H3,(H,24,26)(H,25,29);1,10-12,14,18,26H,5-9H2,2-3H3,(H,22,27)(H,23,24)/t23-;18?,21-,24?;20-;18-/m1111/s1. The number of H-pyrrole nitrogens is 4. The van der Waals surface area contributed by atoms with Gasteiger partial charge in [0.05, 0.1) is 77.8 Å². The first-order chi connectivity index (χ1) is 57.6. The molecule has 0 bridgehead atoms. The molecule has 0 spiro atoms. The fourth-order valence-electron chi connectivity index (χ4n) is 19.0. The first-order valence-corrected chi connectivity index (χ1v) is 44.0. The number of likely N-dealkylation sites (tertiary alicyclic amines) is 4. The van der Waals surface area contributed by atoms with Crippen molar-refractivity contribution in [2.75, 3.05) is 58.9 Å². The summed E-state index contributed by atoms with van der Waals surface area (Å²) in [6.07, 6.45) is 29.9. The number of terminal acetylenes is 2. The van der Waals surface area contributed by atoms with Gasteiger partial charge in [-0.05, 0) is 202 Å². The van der Waals surface area contributed by atoms with Crippen molar-refractivity contribution in [1.29, 1.82) is 0 Å². The largest absolute Gasteiger partial charge is 0.388 e. The molecule has 15 rings (SSSR count). The summed E-state index contributed by atoms with van der Waals surface area (Å²) in [4.78, 5) is 61.6. The lowest BCUT2D eigenvalue weighted by Gasteiger charge is -2.43. The summed E-state index contributed by atoms with van der Waals surface area (Å²) in [5, 5.41) is 91.3. The second-order valence-corrected chi connectivity index (χ2v) is 38.3. The summed E-state index contributed by atoms with van der Waals surface area (Å²) < 4.78 is 14.0. The van der Waals surface area contributed by atoms with Crippen LogP contribution >= 0.6 is 46.4 Å². The summed E-state index contributed by atoms with van der Waals surface area (Å²) in [5.74, 6) is 5.96. The normalized spacial score (nSPS) is 20.0. The molecule has 6 fully saturated rings. The average molecular weight is 1740 g/mol. The van der Waals surface area contributed by atoms with Crippen molar-refractivity contribution < 1.29 is 44.0 Å². The van der Waals surface area contributed by atoms with E-state index < -0.39 is 40.9 Å². The SMILES string of the molecule is C#CCNC(=O)N1CCC(C(C)(C)[C@H](O)c2cc(Cl)cc3cn[nH]c23)CC1.C#Cc1ccc(CNC(=O)N2CCC(C(C)(C)[C@H](O)c3cc(Cl)cc4cn[nH]c34)CC2)cn1.CC(C)(C1CCN(C(=O)NC2CCCC2)CC1)[C@H](O)c1cc(Cl)cc2cn[nH]c12.CC1(F)CCC(NC(=O)N2CCC(C(C)(C)[C@H](O)c3cc(Cl)cc4cn[nH]c34)CC2)CC1. The van der Waals surface area contributed by atoms with Crippen molar-refractivity contribution in [3.63, 3.8) is 0 Å². The second kappa shape index (κ2) is 39.3. The Hall–Kier alpha value is -8.96. The summed E-state index contributed by atoms with van der Waals surface area (Å²) in [6.45, 7) is 24.3. The van der Waals surface area contributed by atoms with Crippen LogP contribution in [0.25, 0.3) is 43.6 Å². The molecule has 6 aliphatic rings. The van der Waals surface area contributed by atoms with Gasteiger partial charge in [-0.15, -0.1) is 12.8 Å². The number of aromatic amines is 4. The highest BCUT2D eigenvalue weighted by atomic mass is 35.5. The lowest BCUT2D eigenvalue weighted by Crippen LogP contribution is -2.50. The summed E-state index contributed by atoms with van der Waals surface area (Å²) in [5.41, 5.74) is 5.14. The molecular weight excluding hydrogens is 1620 g/mol. The quantitative estimate of drug-likeness (QED) is 0.0378. The molecular formula is C91H118Cl4FN17O8. The number of carbonyl (C=O) groups is 4. The van der Waals surface area contributed by atoms with Gasteiger partial charge in [0.25, 0.3) is 0 Å². The van der Waals surface area contributed by atoms with Gasteiger partial charge in [0.2, 0.25) is 0 Å². The molecule has 0 unspecified atom stereocenters. The predicted octanol–water partition coefficient (Wildman–Crippen LogP) is 17.6. The van der Waals surface area contributed by atoms with Crippen molar-refractivity contribution in [1.82, 2.24) is 86.6 Å². The van der Waals surface area contributed by atoms with Gasteiger partial charge in [-0.1, -0.05) is 133 Å². The molecule has 4 aromatic carbocycles. The highest BCUT2D eigenvalue weighted by Gasteiger charge is 2.46. The third-order valence-corrected chi connectivity index (χ3v) is 28.2. The molecule has 4 atom stereocenters. The lowest BCUT2D eigenvalue weighted by atomic mass is 9.68. The Morgan fingerprint density at radius 1 is 0.463 bits per heavy atom. The van der Waals surface area contributed by atoms with Crippen molar-refractivity contribution >= 4 is 114 Å². The zero-order valence-electron chi connectivity index (χ0n) is 70.8.